The summed E-state index contributed by atoms with van der Waals surface area (Å²) < 4.78 is 10.6. The van der Waals surface area contributed by atoms with Crippen molar-refractivity contribution in [2.75, 3.05) is 27.3 Å². The van der Waals surface area contributed by atoms with Crippen LogP contribution in [0.25, 0.3) is 0 Å². The number of hydrogen-bond donors (Lipinski definition) is 1. The van der Waals surface area contributed by atoms with Crippen LogP contribution in [0.5, 0.6) is 11.5 Å². The summed E-state index contributed by atoms with van der Waals surface area (Å²) in [4.78, 5) is 2.41. The van der Waals surface area contributed by atoms with Crippen molar-refractivity contribution in [1.82, 2.24) is 4.90 Å². The van der Waals surface area contributed by atoms with Gasteiger partial charge in [0.15, 0.2) is 0 Å². The summed E-state index contributed by atoms with van der Waals surface area (Å²) in [7, 11) is 3.26. The molecule has 0 spiro atoms. The highest BCUT2D eigenvalue weighted by Gasteiger charge is 2.39. The summed E-state index contributed by atoms with van der Waals surface area (Å²) in [5, 5.41) is 11.0. The molecule has 2 rings (SSSR count). The van der Waals surface area contributed by atoms with Gasteiger partial charge in [0.1, 0.15) is 11.5 Å². The van der Waals surface area contributed by atoms with Crippen molar-refractivity contribution in [3.8, 4) is 11.5 Å². The zero-order valence-corrected chi connectivity index (χ0v) is 13.6. The Labute approximate surface area is 127 Å². The van der Waals surface area contributed by atoms with Crippen molar-refractivity contribution in [3.63, 3.8) is 0 Å². The first-order valence-electron chi connectivity index (χ1n) is 7.71. The lowest BCUT2D eigenvalue weighted by Crippen LogP contribution is -2.48. The van der Waals surface area contributed by atoms with Gasteiger partial charge in [-0.15, -0.1) is 0 Å². The predicted octanol–water partition coefficient (Wildman–Crippen LogP) is 3.00. The van der Waals surface area contributed by atoms with Crippen LogP contribution in [0.15, 0.2) is 18.2 Å². The van der Waals surface area contributed by atoms with Crippen molar-refractivity contribution in [1.29, 1.82) is 0 Å². The Morgan fingerprint density at radius 2 is 1.67 bits per heavy atom. The maximum absolute atomic E-state index is 11.0. The third kappa shape index (κ3) is 3.16. The zero-order chi connectivity index (χ0) is 15.5. The van der Waals surface area contributed by atoms with Crippen LogP contribution in [0.2, 0.25) is 0 Å². The SMILES string of the molecule is CCC(C)(C(O)c1cc(OC)cc(OC)c1)N1CCCC1. The second-order valence-electron chi connectivity index (χ2n) is 5.95. The lowest BCUT2D eigenvalue weighted by molar-refractivity contribution is -0.0141. The van der Waals surface area contributed by atoms with Gasteiger partial charge in [-0.05, 0) is 57.0 Å². The smallest absolute Gasteiger partial charge is 0.122 e. The van der Waals surface area contributed by atoms with E-state index in [1.807, 2.05) is 18.2 Å². The Hall–Kier alpha value is -1.26. The highest BCUT2D eigenvalue weighted by Crippen LogP contribution is 2.38. The van der Waals surface area contributed by atoms with E-state index in [4.69, 9.17) is 9.47 Å². The van der Waals surface area contributed by atoms with Gasteiger partial charge in [-0.3, -0.25) is 4.90 Å². The molecule has 0 aromatic heterocycles. The Balaban J connectivity index is 2.34. The number of aliphatic hydroxyl groups excluding tert-OH is 1. The van der Waals surface area contributed by atoms with Gasteiger partial charge in [0.25, 0.3) is 0 Å². The fraction of sp³-hybridized carbons (Fsp3) is 0.647. The fourth-order valence-corrected chi connectivity index (χ4v) is 3.16. The molecule has 21 heavy (non-hydrogen) atoms. The normalized spacial score (nSPS) is 20.0. The van der Waals surface area contributed by atoms with Crippen molar-refractivity contribution >= 4 is 0 Å². The average Bonchev–Trinajstić information content (AvgIpc) is 3.07. The molecule has 0 radical (unpaired) electrons. The number of ether oxygens (including phenoxy) is 2. The van der Waals surface area contributed by atoms with Gasteiger partial charge in [-0.2, -0.15) is 0 Å². The molecule has 0 amide bonds. The lowest BCUT2D eigenvalue weighted by Gasteiger charge is -2.42. The average molecular weight is 293 g/mol. The van der Waals surface area contributed by atoms with Crippen molar-refractivity contribution in [3.05, 3.63) is 23.8 Å². The van der Waals surface area contributed by atoms with E-state index in [2.05, 4.69) is 18.7 Å². The maximum Gasteiger partial charge on any atom is 0.122 e. The third-order valence-corrected chi connectivity index (χ3v) is 4.82. The van der Waals surface area contributed by atoms with Gasteiger partial charge in [0.05, 0.1) is 20.3 Å². The van der Waals surface area contributed by atoms with Gasteiger partial charge in [-0.1, -0.05) is 6.92 Å². The molecule has 0 saturated carbocycles. The standard InChI is InChI=1S/C17H27NO3/c1-5-17(2,18-8-6-7-9-18)16(19)13-10-14(20-3)12-15(11-13)21-4/h10-12,16,19H,5-9H2,1-4H3. The molecule has 1 fully saturated rings. The topological polar surface area (TPSA) is 41.9 Å². The van der Waals surface area contributed by atoms with E-state index >= 15 is 0 Å². The predicted molar refractivity (Wildman–Crippen MR) is 84.0 cm³/mol. The fourth-order valence-electron chi connectivity index (χ4n) is 3.16. The van der Waals surface area contributed by atoms with E-state index in [1.54, 1.807) is 14.2 Å². The molecule has 2 unspecified atom stereocenters. The molecule has 118 valence electrons. The van der Waals surface area contributed by atoms with Crippen molar-refractivity contribution < 1.29 is 14.6 Å². The zero-order valence-electron chi connectivity index (χ0n) is 13.6. The Morgan fingerprint density at radius 3 is 2.10 bits per heavy atom. The Bertz CT molecular complexity index is 449. The van der Waals surface area contributed by atoms with Gasteiger partial charge >= 0.3 is 0 Å². The summed E-state index contributed by atoms with van der Waals surface area (Å²) in [5.41, 5.74) is 0.593. The van der Waals surface area contributed by atoms with Crippen LogP contribution in [0.3, 0.4) is 0 Å². The second kappa shape index (κ2) is 6.67. The van der Waals surface area contributed by atoms with E-state index < -0.39 is 6.10 Å². The van der Waals surface area contributed by atoms with Crippen molar-refractivity contribution in [2.24, 2.45) is 0 Å². The minimum Gasteiger partial charge on any atom is -0.497 e. The van der Waals surface area contributed by atoms with E-state index in [-0.39, 0.29) is 5.54 Å². The Morgan fingerprint density at radius 1 is 1.14 bits per heavy atom. The van der Waals surface area contributed by atoms with Crippen LogP contribution in [0, 0.1) is 0 Å². The highest BCUT2D eigenvalue weighted by molar-refractivity contribution is 5.40. The van der Waals surface area contributed by atoms with Crippen LogP contribution >= 0.6 is 0 Å². The molecule has 1 aliphatic heterocycles. The largest absolute Gasteiger partial charge is 0.497 e. The molecule has 1 aliphatic rings. The summed E-state index contributed by atoms with van der Waals surface area (Å²) in [6.07, 6.45) is 2.76. The molecule has 0 aliphatic carbocycles. The first kappa shape index (κ1) is 16.1. The first-order valence-corrected chi connectivity index (χ1v) is 7.71. The number of aliphatic hydroxyl groups is 1. The van der Waals surface area contributed by atoms with Crippen LogP contribution < -0.4 is 9.47 Å². The summed E-state index contributed by atoms with van der Waals surface area (Å²) in [6, 6.07) is 5.63. The molecule has 1 aromatic carbocycles. The molecule has 4 nitrogen and oxygen atoms in total. The number of likely N-dealkylation sites (tertiary alicyclic amines) is 1. The number of rotatable bonds is 6. The minimum atomic E-state index is -0.565. The summed E-state index contributed by atoms with van der Waals surface area (Å²) in [6.45, 7) is 6.40. The van der Waals surface area contributed by atoms with E-state index in [0.29, 0.717) is 11.5 Å². The van der Waals surface area contributed by atoms with Crippen molar-refractivity contribution in [2.45, 2.75) is 44.8 Å². The third-order valence-electron chi connectivity index (χ3n) is 4.82. The van der Waals surface area contributed by atoms with Crippen LogP contribution in [0.4, 0.5) is 0 Å². The summed E-state index contributed by atoms with van der Waals surface area (Å²) >= 11 is 0. The van der Waals surface area contributed by atoms with Crippen LogP contribution in [0.1, 0.15) is 44.8 Å². The van der Waals surface area contributed by atoms with Gasteiger partial charge < -0.3 is 14.6 Å². The molecule has 1 heterocycles. The second-order valence-corrected chi connectivity index (χ2v) is 5.95. The van der Waals surface area contributed by atoms with Gasteiger partial charge in [0.2, 0.25) is 0 Å². The monoisotopic (exact) mass is 293 g/mol. The summed E-state index contributed by atoms with van der Waals surface area (Å²) in [5.74, 6) is 1.42. The quantitative estimate of drug-likeness (QED) is 0.875. The molecular weight excluding hydrogens is 266 g/mol. The number of methoxy groups -OCH3 is 2. The Kier molecular flexibility index (Phi) is 5.12. The minimum absolute atomic E-state index is 0.256. The number of nitrogens with zero attached hydrogens (tertiary/aromatic N) is 1. The molecule has 2 atom stereocenters. The number of benzene rings is 1. The lowest BCUT2D eigenvalue weighted by atomic mass is 9.85. The highest BCUT2D eigenvalue weighted by atomic mass is 16.5. The van der Waals surface area contributed by atoms with E-state index in [1.165, 1.54) is 12.8 Å². The van der Waals surface area contributed by atoms with Crippen LogP contribution in [-0.2, 0) is 0 Å². The molecule has 1 saturated heterocycles. The van der Waals surface area contributed by atoms with Crippen LogP contribution in [-0.4, -0.2) is 42.9 Å². The van der Waals surface area contributed by atoms with Gasteiger partial charge in [-0.25, -0.2) is 0 Å². The molecular formula is C17H27NO3. The molecule has 1 N–H and O–H groups in total. The molecule has 0 bridgehead atoms. The van der Waals surface area contributed by atoms with E-state index in [0.717, 1.165) is 25.1 Å². The first-order chi connectivity index (χ1) is 10.0. The number of hydrogen-bond acceptors (Lipinski definition) is 4. The van der Waals surface area contributed by atoms with Gasteiger partial charge in [0, 0.05) is 11.6 Å². The van der Waals surface area contributed by atoms with E-state index in [9.17, 15) is 5.11 Å². The molecule has 1 aromatic rings. The maximum atomic E-state index is 11.0. The molecule has 4 heteroatoms.